The SMILES string of the molecule is COC(OC)C(F)[C@H]1C[C@@H]1c1ccccc1. The minimum absolute atomic E-state index is 0.0345. The molecule has 2 rings (SSSR count). The van der Waals surface area contributed by atoms with E-state index in [9.17, 15) is 4.39 Å². The molecule has 0 aliphatic heterocycles. The number of ether oxygens (including phenoxy) is 2. The molecule has 1 fully saturated rings. The van der Waals surface area contributed by atoms with Gasteiger partial charge in [0.15, 0.2) is 12.5 Å². The van der Waals surface area contributed by atoms with E-state index in [4.69, 9.17) is 9.47 Å². The van der Waals surface area contributed by atoms with Crippen LogP contribution in [0.4, 0.5) is 4.39 Å². The normalized spacial score (nSPS) is 25.8. The van der Waals surface area contributed by atoms with E-state index >= 15 is 0 Å². The van der Waals surface area contributed by atoms with E-state index in [-0.39, 0.29) is 5.92 Å². The van der Waals surface area contributed by atoms with Gasteiger partial charge in [0.1, 0.15) is 0 Å². The number of halogens is 1. The van der Waals surface area contributed by atoms with Gasteiger partial charge in [-0.3, -0.25) is 0 Å². The van der Waals surface area contributed by atoms with Crippen LogP contribution < -0.4 is 0 Å². The molecule has 1 aliphatic carbocycles. The lowest BCUT2D eigenvalue weighted by Crippen LogP contribution is -2.28. The Labute approximate surface area is 95.4 Å². The third kappa shape index (κ3) is 2.25. The Morgan fingerprint density at radius 2 is 1.81 bits per heavy atom. The van der Waals surface area contributed by atoms with Gasteiger partial charge in [-0.05, 0) is 17.9 Å². The zero-order valence-corrected chi connectivity index (χ0v) is 9.60. The molecule has 88 valence electrons. The van der Waals surface area contributed by atoms with Crippen molar-refractivity contribution >= 4 is 0 Å². The van der Waals surface area contributed by atoms with Crippen molar-refractivity contribution in [1.29, 1.82) is 0 Å². The molecule has 0 amide bonds. The van der Waals surface area contributed by atoms with Crippen molar-refractivity contribution < 1.29 is 13.9 Å². The van der Waals surface area contributed by atoms with E-state index < -0.39 is 12.5 Å². The van der Waals surface area contributed by atoms with E-state index in [0.29, 0.717) is 5.92 Å². The largest absolute Gasteiger partial charge is 0.353 e. The zero-order chi connectivity index (χ0) is 11.5. The van der Waals surface area contributed by atoms with Crippen LogP contribution in [0.25, 0.3) is 0 Å². The van der Waals surface area contributed by atoms with Gasteiger partial charge in [-0.15, -0.1) is 0 Å². The van der Waals surface area contributed by atoms with E-state index in [0.717, 1.165) is 6.42 Å². The van der Waals surface area contributed by atoms with Gasteiger partial charge in [-0.1, -0.05) is 30.3 Å². The lowest BCUT2D eigenvalue weighted by molar-refractivity contribution is -0.148. The first-order valence-electron chi connectivity index (χ1n) is 5.52. The standard InChI is InChI=1S/C13H17FO2/c1-15-13(16-2)12(14)11-8-10(11)9-6-4-3-5-7-9/h3-7,10-13H,8H2,1-2H3/t10-,11+,12?/m1/s1. The third-order valence-electron chi connectivity index (χ3n) is 3.20. The van der Waals surface area contributed by atoms with Crippen LogP contribution >= 0.6 is 0 Å². The summed E-state index contributed by atoms with van der Waals surface area (Å²) < 4.78 is 23.8. The number of rotatable bonds is 5. The minimum Gasteiger partial charge on any atom is -0.353 e. The van der Waals surface area contributed by atoms with Crippen LogP contribution in [0, 0.1) is 5.92 Å². The van der Waals surface area contributed by atoms with Crippen molar-refractivity contribution in [3.8, 4) is 0 Å². The molecule has 16 heavy (non-hydrogen) atoms. The lowest BCUT2D eigenvalue weighted by atomic mass is 10.1. The Hall–Kier alpha value is -0.930. The molecule has 1 aromatic carbocycles. The summed E-state index contributed by atoms with van der Waals surface area (Å²) in [4.78, 5) is 0. The quantitative estimate of drug-likeness (QED) is 0.716. The summed E-state index contributed by atoms with van der Waals surface area (Å²) in [5.41, 5.74) is 1.21. The van der Waals surface area contributed by atoms with Crippen LogP contribution in [0.1, 0.15) is 17.9 Å². The van der Waals surface area contributed by atoms with Gasteiger partial charge in [-0.25, -0.2) is 4.39 Å². The highest BCUT2D eigenvalue weighted by Gasteiger charge is 2.47. The summed E-state index contributed by atoms with van der Waals surface area (Å²) in [5, 5.41) is 0. The molecule has 0 heterocycles. The fraction of sp³-hybridized carbons (Fsp3) is 0.538. The summed E-state index contributed by atoms with van der Waals surface area (Å²) >= 11 is 0. The summed E-state index contributed by atoms with van der Waals surface area (Å²) in [6.45, 7) is 0. The Balaban J connectivity index is 1.96. The average Bonchev–Trinajstić information content (AvgIpc) is 3.11. The second kappa shape index (κ2) is 4.93. The fourth-order valence-electron chi connectivity index (χ4n) is 2.21. The molecule has 1 saturated carbocycles. The van der Waals surface area contributed by atoms with Crippen LogP contribution in [0.2, 0.25) is 0 Å². The van der Waals surface area contributed by atoms with Gasteiger partial charge in [0.25, 0.3) is 0 Å². The summed E-state index contributed by atoms with van der Waals surface area (Å²) in [5.74, 6) is 0.358. The van der Waals surface area contributed by atoms with Crippen LogP contribution in [-0.2, 0) is 9.47 Å². The highest BCUT2D eigenvalue weighted by Crippen LogP contribution is 2.51. The molecule has 2 nitrogen and oxygen atoms in total. The predicted octanol–water partition coefficient (Wildman–Crippen LogP) is 2.75. The molecular formula is C13H17FO2. The number of methoxy groups -OCH3 is 2. The zero-order valence-electron chi connectivity index (χ0n) is 9.60. The van der Waals surface area contributed by atoms with Crippen LogP contribution in [0.5, 0.6) is 0 Å². The monoisotopic (exact) mass is 224 g/mol. The first-order valence-corrected chi connectivity index (χ1v) is 5.52. The van der Waals surface area contributed by atoms with Gasteiger partial charge in [0.2, 0.25) is 0 Å². The molecule has 0 spiro atoms. The van der Waals surface area contributed by atoms with Gasteiger partial charge in [0, 0.05) is 20.1 Å². The van der Waals surface area contributed by atoms with E-state index in [2.05, 4.69) is 0 Å². The Morgan fingerprint density at radius 3 is 2.38 bits per heavy atom. The topological polar surface area (TPSA) is 18.5 Å². The van der Waals surface area contributed by atoms with E-state index in [1.807, 2.05) is 30.3 Å². The molecule has 3 heteroatoms. The molecule has 3 atom stereocenters. The lowest BCUT2D eigenvalue weighted by Gasteiger charge is -2.17. The maximum atomic E-state index is 13.9. The highest BCUT2D eigenvalue weighted by molar-refractivity contribution is 5.26. The van der Waals surface area contributed by atoms with Gasteiger partial charge < -0.3 is 9.47 Å². The van der Waals surface area contributed by atoms with E-state index in [1.54, 1.807) is 0 Å². The summed E-state index contributed by atoms with van der Waals surface area (Å²) in [6.07, 6.45) is -0.895. The third-order valence-corrected chi connectivity index (χ3v) is 3.20. The Bertz CT molecular complexity index is 324. The molecule has 1 aromatic rings. The van der Waals surface area contributed by atoms with Crippen molar-refractivity contribution in [1.82, 2.24) is 0 Å². The van der Waals surface area contributed by atoms with Crippen molar-refractivity contribution in [3.05, 3.63) is 35.9 Å². The predicted molar refractivity (Wildman–Crippen MR) is 60.0 cm³/mol. The van der Waals surface area contributed by atoms with Crippen LogP contribution in [0.3, 0.4) is 0 Å². The summed E-state index contributed by atoms with van der Waals surface area (Å²) in [6, 6.07) is 10.0. The maximum Gasteiger partial charge on any atom is 0.188 e. The molecule has 0 saturated heterocycles. The molecule has 0 N–H and O–H groups in total. The van der Waals surface area contributed by atoms with Crippen molar-refractivity contribution in [3.63, 3.8) is 0 Å². The second-order valence-electron chi connectivity index (χ2n) is 4.20. The van der Waals surface area contributed by atoms with Gasteiger partial charge >= 0.3 is 0 Å². The number of hydrogen-bond acceptors (Lipinski definition) is 2. The van der Waals surface area contributed by atoms with Gasteiger partial charge in [0.05, 0.1) is 0 Å². The molecule has 0 radical (unpaired) electrons. The minimum atomic E-state index is -1.04. The van der Waals surface area contributed by atoms with Crippen LogP contribution in [-0.4, -0.2) is 26.7 Å². The Morgan fingerprint density at radius 1 is 1.19 bits per heavy atom. The number of hydrogen-bond donors (Lipinski definition) is 0. The Kier molecular flexibility index (Phi) is 3.56. The molecule has 1 aliphatic rings. The van der Waals surface area contributed by atoms with Crippen LogP contribution in [0.15, 0.2) is 30.3 Å². The fourth-order valence-corrected chi connectivity index (χ4v) is 2.21. The second-order valence-corrected chi connectivity index (χ2v) is 4.20. The average molecular weight is 224 g/mol. The smallest absolute Gasteiger partial charge is 0.188 e. The molecule has 0 bridgehead atoms. The number of alkyl halides is 1. The maximum absolute atomic E-state index is 13.9. The number of benzene rings is 1. The highest BCUT2D eigenvalue weighted by atomic mass is 19.1. The van der Waals surface area contributed by atoms with Crippen molar-refractivity contribution in [2.45, 2.75) is 24.8 Å². The van der Waals surface area contributed by atoms with Gasteiger partial charge in [-0.2, -0.15) is 0 Å². The molecule has 0 aromatic heterocycles. The van der Waals surface area contributed by atoms with Crippen molar-refractivity contribution in [2.75, 3.05) is 14.2 Å². The van der Waals surface area contributed by atoms with E-state index in [1.165, 1.54) is 19.8 Å². The van der Waals surface area contributed by atoms with Crippen molar-refractivity contribution in [2.24, 2.45) is 5.92 Å². The molecule has 1 unspecified atom stereocenters. The first kappa shape index (κ1) is 11.6. The molecular weight excluding hydrogens is 207 g/mol. The summed E-state index contributed by atoms with van der Waals surface area (Å²) in [7, 11) is 2.95. The first-order chi connectivity index (χ1) is 7.77.